The molecule has 29 heavy (non-hydrogen) atoms. The lowest BCUT2D eigenvalue weighted by Crippen LogP contribution is -2.14. The molecule has 0 aliphatic heterocycles. The summed E-state index contributed by atoms with van der Waals surface area (Å²) in [6, 6.07) is 9.91. The van der Waals surface area contributed by atoms with Crippen LogP contribution in [0, 0.1) is 20.2 Å². The highest BCUT2D eigenvalue weighted by molar-refractivity contribution is 6.30. The maximum absolute atomic E-state index is 12.4. The number of rotatable bonds is 6. The van der Waals surface area contributed by atoms with Gasteiger partial charge in [0.2, 0.25) is 5.69 Å². The van der Waals surface area contributed by atoms with Crippen molar-refractivity contribution in [2.24, 2.45) is 7.05 Å². The number of halogens is 1. The van der Waals surface area contributed by atoms with E-state index in [1.54, 1.807) is 24.3 Å². The van der Waals surface area contributed by atoms with Gasteiger partial charge >= 0.3 is 5.69 Å². The van der Waals surface area contributed by atoms with Gasteiger partial charge in [0, 0.05) is 24.2 Å². The Labute approximate surface area is 167 Å². The molecule has 11 nitrogen and oxygen atoms in total. The SMILES string of the molecule is Cn1cc([N+](=O)[O-])c(C(=O)Nc2cc(Oc3ccc(Cl)cc3)cc([N+](=O)[O-])c2)n1. The minimum absolute atomic E-state index is 0.00751. The third kappa shape index (κ3) is 4.65. The first-order chi connectivity index (χ1) is 13.7. The van der Waals surface area contributed by atoms with Gasteiger partial charge in [-0.15, -0.1) is 0 Å². The standard InChI is InChI=1S/C17H12ClN5O6/c1-21-9-15(23(27)28)16(20-21)17(24)19-11-6-12(22(25)26)8-14(7-11)29-13-4-2-10(18)3-5-13/h2-9H,1H3,(H,19,24). The second-order valence-corrected chi connectivity index (χ2v) is 6.21. The summed E-state index contributed by atoms with van der Waals surface area (Å²) in [5, 5.41) is 28.9. The Morgan fingerprint density at radius 2 is 1.79 bits per heavy atom. The molecule has 0 fully saturated rings. The number of nitro groups is 2. The Hall–Kier alpha value is -3.99. The average molecular weight is 418 g/mol. The van der Waals surface area contributed by atoms with Crippen LogP contribution >= 0.6 is 11.6 Å². The molecule has 0 aliphatic carbocycles. The van der Waals surface area contributed by atoms with Crippen molar-refractivity contribution >= 4 is 34.6 Å². The van der Waals surface area contributed by atoms with E-state index in [0.717, 1.165) is 16.9 Å². The van der Waals surface area contributed by atoms with Crippen molar-refractivity contribution < 1.29 is 19.4 Å². The van der Waals surface area contributed by atoms with Crippen molar-refractivity contribution in [3.63, 3.8) is 0 Å². The summed E-state index contributed by atoms with van der Waals surface area (Å²) in [6.45, 7) is 0. The van der Waals surface area contributed by atoms with Crippen LogP contribution in [0.1, 0.15) is 10.5 Å². The monoisotopic (exact) mass is 417 g/mol. The molecular weight excluding hydrogens is 406 g/mol. The molecule has 0 saturated heterocycles. The minimum atomic E-state index is -0.893. The number of hydrogen-bond donors (Lipinski definition) is 1. The van der Waals surface area contributed by atoms with Crippen LogP contribution in [0.2, 0.25) is 5.02 Å². The number of ether oxygens (including phenoxy) is 1. The van der Waals surface area contributed by atoms with E-state index in [9.17, 15) is 25.0 Å². The average Bonchev–Trinajstić information content (AvgIpc) is 3.06. The van der Waals surface area contributed by atoms with Crippen molar-refractivity contribution in [1.82, 2.24) is 9.78 Å². The van der Waals surface area contributed by atoms with Gasteiger partial charge in [-0.1, -0.05) is 11.6 Å². The lowest BCUT2D eigenvalue weighted by atomic mass is 10.2. The van der Waals surface area contributed by atoms with Crippen molar-refractivity contribution in [2.75, 3.05) is 5.32 Å². The smallest absolute Gasteiger partial charge is 0.320 e. The fourth-order valence-corrected chi connectivity index (χ4v) is 2.55. The first-order valence-electron chi connectivity index (χ1n) is 7.95. The van der Waals surface area contributed by atoms with Gasteiger partial charge in [-0.3, -0.25) is 29.7 Å². The van der Waals surface area contributed by atoms with E-state index in [1.807, 2.05) is 0 Å². The molecule has 0 unspecified atom stereocenters. The first-order valence-corrected chi connectivity index (χ1v) is 8.33. The van der Waals surface area contributed by atoms with E-state index in [2.05, 4.69) is 10.4 Å². The number of non-ortho nitro benzene ring substituents is 1. The van der Waals surface area contributed by atoms with Gasteiger partial charge in [0.05, 0.1) is 21.6 Å². The summed E-state index contributed by atoms with van der Waals surface area (Å²) < 4.78 is 6.70. The van der Waals surface area contributed by atoms with Crippen molar-refractivity contribution in [3.05, 3.63) is 79.6 Å². The quantitative estimate of drug-likeness (QED) is 0.472. The molecule has 1 amide bonds. The molecule has 3 aromatic rings. The first kappa shape index (κ1) is 19.8. The van der Waals surface area contributed by atoms with E-state index in [0.29, 0.717) is 10.8 Å². The van der Waals surface area contributed by atoms with E-state index in [-0.39, 0.29) is 17.1 Å². The molecule has 0 saturated carbocycles. The third-order valence-corrected chi connectivity index (χ3v) is 3.88. The Morgan fingerprint density at radius 3 is 2.41 bits per heavy atom. The molecule has 0 bridgehead atoms. The zero-order valence-corrected chi connectivity index (χ0v) is 15.5. The fraction of sp³-hybridized carbons (Fsp3) is 0.0588. The Kier molecular flexibility index (Phi) is 5.41. The number of hydrogen-bond acceptors (Lipinski definition) is 7. The summed E-state index contributed by atoms with van der Waals surface area (Å²) >= 11 is 5.81. The molecule has 0 aliphatic rings. The number of nitrogens with zero attached hydrogens (tertiary/aromatic N) is 4. The molecule has 148 valence electrons. The number of carbonyl (C=O) groups excluding carboxylic acids is 1. The van der Waals surface area contributed by atoms with Crippen molar-refractivity contribution in [1.29, 1.82) is 0 Å². The Morgan fingerprint density at radius 1 is 1.10 bits per heavy atom. The van der Waals surface area contributed by atoms with Crippen molar-refractivity contribution in [3.8, 4) is 11.5 Å². The van der Waals surface area contributed by atoms with Crippen LogP contribution in [-0.2, 0) is 7.05 Å². The van der Waals surface area contributed by atoms with Crippen molar-refractivity contribution in [2.45, 2.75) is 0 Å². The molecule has 3 rings (SSSR count). The van der Waals surface area contributed by atoms with E-state index < -0.39 is 27.1 Å². The number of carbonyl (C=O) groups is 1. The highest BCUT2D eigenvalue weighted by atomic mass is 35.5. The van der Waals surface area contributed by atoms with Gasteiger partial charge in [0.15, 0.2) is 0 Å². The molecule has 1 aromatic heterocycles. The number of aryl methyl sites for hydroxylation is 1. The maximum atomic E-state index is 12.4. The summed E-state index contributed by atoms with van der Waals surface area (Å²) in [5.74, 6) is -0.449. The van der Waals surface area contributed by atoms with E-state index in [1.165, 1.54) is 19.2 Å². The molecule has 1 N–H and O–H groups in total. The van der Waals surface area contributed by atoms with Crippen LogP contribution in [0.4, 0.5) is 17.1 Å². The molecule has 0 radical (unpaired) electrons. The van der Waals surface area contributed by atoms with E-state index >= 15 is 0 Å². The Balaban J connectivity index is 1.91. The molecule has 0 atom stereocenters. The molecule has 0 spiro atoms. The minimum Gasteiger partial charge on any atom is -0.457 e. The second kappa shape index (κ2) is 7.94. The largest absolute Gasteiger partial charge is 0.457 e. The summed E-state index contributed by atoms with van der Waals surface area (Å²) in [6.07, 6.45) is 1.08. The zero-order chi connectivity index (χ0) is 21.1. The number of amides is 1. The number of nitro benzene ring substituents is 1. The van der Waals surface area contributed by atoms with Crippen LogP contribution in [0.15, 0.2) is 48.7 Å². The van der Waals surface area contributed by atoms with Gasteiger partial charge in [-0.25, -0.2) is 0 Å². The highest BCUT2D eigenvalue weighted by Crippen LogP contribution is 2.31. The number of benzene rings is 2. The van der Waals surface area contributed by atoms with Crippen LogP contribution in [0.25, 0.3) is 0 Å². The van der Waals surface area contributed by atoms with Gasteiger partial charge in [-0.05, 0) is 24.3 Å². The van der Waals surface area contributed by atoms with Gasteiger partial charge in [-0.2, -0.15) is 5.10 Å². The number of aromatic nitrogens is 2. The zero-order valence-electron chi connectivity index (χ0n) is 14.7. The number of nitrogens with one attached hydrogen (secondary N) is 1. The van der Waals surface area contributed by atoms with Crippen LogP contribution in [0.3, 0.4) is 0 Å². The van der Waals surface area contributed by atoms with Gasteiger partial charge in [0.1, 0.15) is 17.7 Å². The molecular formula is C17H12ClN5O6. The topological polar surface area (TPSA) is 142 Å². The van der Waals surface area contributed by atoms with Crippen LogP contribution in [-0.4, -0.2) is 25.5 Å². The normalized spacial score (nSPS) is 10.4. The summed E-state index contributed by atoms with van der Waals surface area (Å²) in [5.41, 5.74) is -1.26. The summed E-state index contributed by atoms with van der Waals surface area (Å²) in [7, 11) is 1.43. The lowest BCUT2D eigenvalue weighted by Gasteiger charge is -2.09. The predicted octanol–water partition coefficient (Wildman–Crippen LogP) is 3.93. The van der Waals surface area contributed by atoms with Crippen LogP contribution < -0.4 is 10.1 Å². The van der Waals surface area contributed by atoms with Gasteiger partial charge < -0.3 is 10.1 Å². The van der Waals surface area contributed by atoms with E-state index in [4.69, 9.17) is 16.3 Å². The summed E-state index contributed by atoms with van der Waals surface area (Å²) in [4.78, 5) is 33.3. The lowest BCUT2D eigenvalue weighted by molar-refractivity contribution is -0.385. The molecule has 12 heteroatoms. The maximum Gasteiger partial charge on any atom is 0.320 e. The second-order valence-electron chi connectivity index (χ2n) is 5.78. The van der Waals surface area contributed by atoms with Crippen LogP contribution in [0.5, 0.6) is 11.5 Å². The molecule has 2 aromatic carbocycles. The number of anilines is 1. The predicted molar refractivity (Wildman–Crippen MR) is 102 cm³/mol. The highest BCUT2D eigenvalue weighted by Gasteiger charge is 2.25. The van der Waals surface area contributed by atoms with Gasteiger partial charge in [0.25, 0.3) is 11.6 Å². The third-order valence-electron chi connectivity index (χ3n) is 3.63. The molecule has 1 heterocycles. The fourth-order valence-electron chi connectivity index (χ4n) is 2.42. The Bertz CT molecular complexity index is 1110.